The molecule has 0 saturated carbocycles. The average Bonchev–Trinajstić information content (AvgIpc) is 3.54. The predicted molar refractivity (Wildman–Crippen MR) is 131 cm³/mol. The molecule has 0 radical (unpaired) electrons. The van der Waals surface area contributed by atoms with Gasteiger partial charge in [0.1, 0.15) is 12.4 Å². The lowest BCUT2D eigenvalue weighted by Gasteiger charge is -2.15. The third-order valence-corrected chi connectivity index (χ3v) is 5.76. The van der Waals surface area contributed by atoms with Crippen molar-refractivity contribution in [2.75, 3.05) is 6.61 Å². The first-order valence-corrected chi connectivity index (χ1v) is 10.9. The summed E-state index contributed by atoms with van der Waals surface area (Å²) in [6, 6.07) is 18.8. The number of pyridine rings is 1. The number of carbonyl (C=O) groups is 1. The van der Waals surface area contributed by atoms with E-state index >= 15 is 0 Å². The number of para-hydroxylation sites is 1. The molecule has 170 valence electrons. The Morgan fingerprint density at radius 1 is 1.09 bits per heavy atom. The molecule has 7 nitrogen and oxygen atoms in total. The molecule has 5 N–H and O–H groups in total. The number of furan rings is 1. The van der Waals surface area contributed by atoms with Crippen LogP contribution in [0, 0.1) is 0 Å². The van der Waals surface area contributed by atoms with Gasteiger partial charge in [-0.1, -0.05) is 30.3 Å². The summed E-state index contributed by atoms with van der Waals surface area (Å²) in [5, 5.41) is 1.17. The zero-order valence-electron chi connectivity index (χ0n) is 18.4. The van der Waals surface area contributed by atoms with E-state index in [4.69, 9.17) is 20.6 Å². The maximum absolute atomic E-state index is 11.5. The fourth-order valence-corrected chi connectivity index (χ4v) is 4.03. The summed E-state index contributed by atoms with van der Waals surface area (Å²) in [6.45, 7) is 0.340. The molecule has 0 bridgehead atoms. The van der Waals surface area contributed by atoms with Gasteiger partial charge in [-0.15, -0.1) is 0 Å². The summed E-state index contributed by atoms with van der Waals surface area (Å²) < 4.78 is 11.3. The van der Waals surface area contributed by atoms with Gasteiger partial charge in [-0.25, -0.2) is 0 Å². The highest BCUT2D eigenvalue weighted by molar-refractivity contribution is 5.93. The molecule has 0 aliphatic carbocycles. The number of nitrogens with zero attached hydrogens (tertiary/aromatic N) is 1. The van der Waals surface area contributed by atoms with Crippen LogP contribution in [0.25, 0.3) is 33.3 Å². The van der Waals surface area contributed by atoms with Gasteiger partial charge >= 0.3 is 0 Å². The van der Waals surface area contributed by atoms with Gasteiger partial charge in [-0.05, 0) is 47.9 Å². The number of carbonyl (C=O) groups excluding carboxylic acids is 1. The molecule has 5 aromatic rings. The van der Waals surface area contributed by atoms with E-state index in [-0.39, 0.29) is 6.04 Å². The number of fused-ring (bicyclic) bond motifs is 1. The lowest BCUT2D eigenvalue weighted by Crippen LogP contribution is -2.30. The SMILES string of the molecule is NC(=O)c1ccc(-c2cc(OC[C@H](N)Cc3c[nH]c4ccccc34)cnc2-c2ccoc2)cc1. The van der Waals surface area contributed by atoms with Crippen LogP contribution >= 0.6 is 0 Å². The molecule has 3 heterocycles. The molecule has 34 heavy (non-hydrogen) atoms. The van der Waals surface area contributed by atoms with E-state index in [0.29, 0.717) is 24.3 Å². The van der Waals surface area contributed by atoms with E-state index in [1.54, 1.807) is 30.9 Å². The number of rotatable bonds is 8. The highest BCUT2D eigenvalue weighted by Gasteiger charge is 2.14. The summed E-state index contributed by atoms with van der Waals surface area (Å²) in [5.41, 5.74) is 17.8. The number of H-pyrrole nitrogens is 1. The van der Waals surface area contributed by atoms with Crippen molar-refractivity contribution in [2.45, 2.75) is 12.5 Å². The number of nitrogens with one attached hydrogen (secondary N) is 1. The second-order valence-corrected chi connectivity index (χ2v) is 8.16. The summed E-state index contributed by atoms with van der Waals surface area (Å²) in [5.74, 6) is 0.136. The Hall–Kier alpha value is -4.36. The number of hydrogen-bond donors (Lipinski definition) is 3. The van der Waals surface area contributed by atoms with Crippen molar-refractivity contribution in [1.29, 1.82) is 0 Å². The van der Waals surface area contributed by atoms with Crippen molar-refractivity contribution in [1.82, 2.24) is 9.97 Å². The molecular formula is C27H24N4O3. The van der Waals surface area contributed by atoms with Crippen molar-refractivity contribution in [3.8, 4) is 28.1 Å². The molecule has 7 heteroatoms. The number of nitrogens with two attached hydrogens (primary N) is 2. The Morgan fingerprint density at radius 3 is 2.68 bits per heavy atom. The molecule has 0 unspecified atom stereocenters. The Bertz CT molecular complexity index is 1420. The maximum Gasteiger partial charge on any atom is 0.248 e. The minimum atomic E-state index is -0.471. The second kappa shape index (κ2) is 9.25. The zero-order valence-corrected chi connectivity index (χ0v) is 18.4. The number of benzene rings is 2. The fraction of sp³-hybridized carbons (Fsp3) is 0.111. The van der Waals surface area contributed by atoms with Gasteiger partial charge in [0.25, 0.3) is 0 Å². The van der Waals surface area contributed by atoms with Gasteiger partial charge in [-0.2, -0.15) is 0 Å². The highest BCUT2D eigenvalue weighted by atomic mass is 16.5. The number of amides is 1. The van der Waals surface area contributed by atoms with Crippen molar-refractivity contribution in [3.63, 3.8) is 0 Å². The van der Waals surface area contributed by atoms with Crippen LogP contribution in [0.4, 0.5) is 0 Å². The van der Waals surface area contributed by atoms with Crippen molar-refractivity contribution in [2.24, 2.45) is 11.5 Å². The van der Waals surface area contributed by atoms with Crippen LogP contribution in [0.3, 0.4) is 0 Å². The van der Waals surface area contributed by atoms with Crippen molar-refractivity contribution in [3.05, 3.63) is 96.7 Å². The molecule has 2 aromatic carbocycles. The Morgan fingerprint density at radius 2 is 1.91 bits per heavy atom. The van der Waals surface area contributed by atoms with E-state index in [1.807, 2.05) is 48.7 Å². The van der Waals surface area contributed by atoms with Gasteiger partial charge in [0.05, 0.1) is 24.4 Å². The quantitative estimate of drug-likeness (QED) is 0.319. The maximum atomic E-state index is 11.5. The van der Waals surface area contributed by atoms with E-state index in [0.717, 1.165) is 33.5 Å². The highest BCUT2D eigenvalue weighted by Crippen LogP contribution is 2.33. The minimum absolute atomic E-state index is 0.189. The summed E-state index contributed by atoms with van der Waals surface area (Å²) in [6.07, 6.45) is 7.61. The van der Waals surface area contributed by atoms with Gasteiger partial charge in [0.15, 0.2) is 0 Å². The second-order valence-electron chi connectivity index (χ2n) is 8.16. The molecule has 1 atom stereocenters. The van der Waals surface area contributed by atoms with Crippen LogP contribution < -0.4 is 16.2 Å². The first-order chi connectivity index (χ1) is 16.6. The number of aromatic amines is 1. The number of aromatic nitrogens is 2. The molecule has 1 amide bonds. The normalized spacial score (nSPS) is 12.0. The summed E-state index contributed by atoms with van der Waals surface area (Å²) >= 11 is 0. The third-order valence-electron chi connectivity index (χ3n) is 5.76. The molecular weight excluding hydrogens is 428 g/mol. The lowest BCUT2D eigenvalue weighted by atomic mass is 9.99. The van der Waals surface area contributed by atoms with Crippen LogP contribution in [0.15, 0.2) is 90.0 Å². The lowest BCUT2D eigenvalue weighted by molar-refractivity contribution is 0.100. The third kappa shape index (κ3) is 4.42. The van der Waals surface area contributed by atoms with E-state index < -0.39 is 5.91 Å². The summed E-state index contributed by atoms with van der Waals surface area (Å²) in [4.78, 5) is 19.4. The molecule has 0 aliphatic heterocycles. The molecule has 5 rings (SSSR count). The van der Waals surface area contributed by atoms with Gasteiger partial charge < -0.3 is 25.6 Å². The Kier molecular flexibility index (Phi) is 5.84. The number of primary amides is 1. The Labute approximate surface area is 196 Å². The van der Waals surface area contributed by atoms with Crippen LogP contribution in [-0.2, 0) is 6.42 Å². The molecule has 3 aromatic heterocycles. The number of hydrogen-bond acceptors (Lipinski definition) is 5. The van der Waals surface area contributed by atoms with Crippen molar-refractivity contribution >= 4 is 16.8 Å². The average molecular weight is 453 g/mol. The van der Waals surface area contributed by atoms with E-state index in [2.05, 4.69) is 16.0 Å². The molecule has 0 fully saturated rings. The number of ether oxygens (including phenoxy) is 1. The topological polar surface area (TPSA) is 120 Å². The predicted octanol–water partition coefficient (Wildman–Crippen LogP) is 4.54. The monoisotopic (exact) mass is 452 g/mol. The van der Waals surface area contributed by atoms with Gasteiger partial charge in [0.2, 0.25) is 5.91 Å². The molecule has 0 spiro atoms. The van der Waals surface area contributed by atoms with Crippen LogP contribution in [0.1, 0.15) is 15.9 Å². The van der Waals surface area contributed by atoms with Gasteiger partial charge in [-0.3, -0.25) is 9.78 Å². The first-order valence-electron chi connectivity index (χ1n) is 10.9. The minimum Gasteiger partial charge on any atom is -0.490 e. The van der Waals surface area contributed by atoms with Crippen LogP contribution in [0.2, 0.25) is 0 Å². The smallest absolute Gasteiger partial charge is 0.248 e. The standard InChI is InChI=1S/C27H24N4O3/c28-21(11-20-13-30-25-4-2-1-3-23(20)25)16-34-22-12-24(17-5-7-18(8-6-17)27(29)32)26(31-14-22)19-9-10-33-15-19/h1-10,12-15,21,30H,11,16,28H2,(H2,29,32)/t21-/m1/s1. The molecule has 0 saturated heterocycles. The van der Waals surface area contributed by atoms with Crippen molar-refractivity contribution < 1.29 is 13.9 Å². The molecule has 0 aliphatic rings. The van der Waals surface area contributed by atoms with Crippen LogP contribution in [-0.4, -0.2) is 28.5 Å². The van der Waals surface area contributed by atoms with Crippen LogP contribution in [0.5, 0.6) is 5.75 Å². The Balaban J connectivity index is 1.36. The largest absolute Gasteiger partial charge is 0.490 e. The van der Waals surface area contributed by atoms with E-state index in [9.17, 15) is 4.79 Å². The van der Waals surface area contributed by atoms with Gasteiger partial charge in [0, 0.05) is 39.8 Å². The first kappa shape index (κ1) is 21.5. The fourth-order valence-electron chi connectivity index (χ4n) is 4.03. The zero-order chi connectivity index (χ0) is 23.5. The summed E-state index contributed by atoms with van der Waals surface area (Å²) in [7, 11) is 0. The van der Waals surface area contributed by atoms with E-state index in [1.165, 1.54) is 5.39 Å².